The molecule has 0 N–H and O–H groups in total. The lowest BCUT2D eigenvalue weighted by Crippen LogP contribution is -2.66. The van der Waals surface area contributed by atoms with Crippen molar-refractivity contribution in [2.24, 2.45) is 17.8 Å². The van der Waals surface area contributed by atoms with Gasteiger partial charge in [-0.1, -0.05) is 13.5 Å². The minimum absolute atomic E-state index is 0. The predicted octanol–water partition coefficient (Wildman–Crippen LogP) is 2.46. The maximum absolute atomic E-state index is 12.4. The van der Waals surface area contributed by atoms with Gasteiger partial charge in [0.15, 0.2) is 11.5 Å². The van der Waals surface area contributed by atoms with Crippen LogP contribution in [0.3, 0.4) is 0 Å². The molecule has 11 heteroatoms. The smallest absolute Gasteiger partial charge is 0.333 e. The van der Waals surface area contributed by atoms with Crippen molar-refractivity contribution >= 4 is 29.7 Å². The van der Waals surface area contributed by atoms with E-state index in [0.29, 0.717) is 35.4 Å². The molecule has 1 aromatic rings. The number of amides is 2. The number of esters is 2. The molecule has 2 amide bonds. The Kier molecular flexibility index (Phi) is 6.63. The lowest BCUT2D eigenvalue weighted by atomic mass is 9.53. The van der Waals surface area contributed by atoms with Crippen LogP contribution in [0.4, 0.5) is 0 Å². The van der Waals surface area contributed by atoms with E-state index >= 15 is 0 Å². The number of hydrogen-bond donors (Lipinski definition) is 0. The van der Waals surface area contributed by atoms with Crippen molar-refractivity contribution < 1.29 is 43.0 Å². The molecule has 7 rings (SSSR count). The SMILES string of the molecule is C.CC(=O)Oc1ccc2c3c1O[C@H]1[C@@H](OC(C)=O)C4CC4C4CN(CCCC(=O)ON5C(=O)CCC5=O)C(C2)CC341. The summed E-state index contributed by atoms with van der Waals surface area (Å²) in [6, 6.07) is 4.02. The molecule has 1 spiro atoms. The van der Waals surface area contributed by atoms with Crippen molar-refractivity contribution in [3.63, 3.8) is 0 Å². The normalized spacial score (nSPS) is 33.7. The predicted molar refractivity (Wildman–Crippen MR) is 141 cm³/mol. The minimum atomic E-state index is -0.581. The molecule has 41 heavy (non-hydrogen) atoms. The van der Waals surface area contributed by atoms with Crippen molar-refractivity contribution in [1.29, 1.82) is 0 Å². The third-order valence-corrected chi connectivity index (χ3v) is 9.77. The molecule has 0 aromatic heterocycles. The van der Waals surface area contributed by atoms with E-state index in [4.69, 9.17) is 19.0 Å². The third-order valence-electron chi connectivity index (χ3n) is 9.77. The van der Waals surface area contributed by atoms with E-state index < -0.39 is 23.8 Å². The van der Waals surface area contributed by atoms with E-state index in [1.54, 1.807) is 6.07 Å². The number of carbonyl (C=O) groups is 5. The van der Waals surface area contributed by atoms with Gasteiger partial charge in [-0.2, -0.15) is 0 Å². The summed E-state index contributed by atoms with van der Waals surface area (Å²) >= 11 is 0. The molecule has 6 aliphatic rings. The average Bonchev–Trinajstić information content (AvgIpc) is 3.53. The number of fused-ring (bicyclic) bond motifs is 3. The largest absolute Gasteiger partial charge is 0.481 e. The van der Waals surface area contributed by atoms with Crippen LogP contribution in [0.2, 0.25) is 0 Å². The van der Waals surface area contributed by atoms with Gasteiger partial charge in [0.2, 0.25) is 0 Å². The summed E-state index contributed by atoms with van der Waals surface area (Å²) in [6.07, 6.45) is 2.69. The zero-order valence-corrected chi connectivity index (χ0v) is 22.6. The molecule has 3 aliphatic carbocycles. The van der Waals surface area contributed by atoms with Gasteiger partial charge < -0.3 is 19.0 Å². The number of likely N-dealkylation sites (tertiary alicyclic amines) is 1. The van der Waals surface area contributed by atoms with Crippen LogP contribution in [0.15, 0.2) is 12.1 Å². The second-order valence-electron chi connectivity index (χ2n) is 12.0. The number of hydrogen-bond acceptors (Lipinski definition) is 10. The maximum atomic E-state index is 12.4. The summed E-state index contributed by atoms with van der Waals surface area (Å²) in [5.74, 6) is -0.359. The summed E-state index contributed by atoms with van der Waals surface area (Å²) in [6.45, 7) is 4.31. The first-order valence-electron chi connectivity index (χ1n) is 14.2. The highest BCUT2D eigenvalue weighted by Gasteiger charge is 2.73. The van der Waals surface area contributed by atoms with Crippen LogP contribution in [-0.4, -0.2) is 71.0 Å². The standard InChI is InChI=1S/C29H32N2O9.CH4/c1-14(32)37-21-6-5-16-10-17-12-29-20(13-30(17)9-3-4-24(36)40-31-22(34)7-8-23(31)35)18-11-19(18)26(38-15(2)33)28(29)39-27(21)25(16)29;/h5-6,17-20,26,28H,3-4,7-13H2,1-2H3;1H4/t17?,18?,19?,20?,26-,28-,29?;/m0./s1. The summed E-state index contributed by atoms with van der Waals surface area (Å²) < 4.78 is 18.1. The summed E-state index contributed by atoms with van der Waals surface area (Å²) in [4.78, 5) is 67.4. The van der Waals surface area contributed by atoms with E-state index in [0.717, 1.165) is 36.9 Å². The molecule has 220 valence electrons. The van der Waals surface area contributed by atoms with Crippen LogP contribution < -0.4 is 9.47 Å². The Morgan fingerprint density at radius 1 is 1.07 bits per heavy atom. The van der Waals surface area contributed by atoms with Crippen LogP contribution in [0.5, 0.6) is 11.5 Å². The molecule has 11 nitrogen and oxygen atoms in total. The highest BCUT2D eigenvalue weighted by molar-refractivity contribution is 6.01. The Bertz CT molecular complexity index is 1330. The molecule has 7 atom stereocenters. The Balaban J connectivity index is 0.00000302. The van der Waals surface area contributed by atoms with Crippen molar-refractivity contribution in [3.8, 4) is 11.5 Å². The fourth-order valence-corrected chi connectivity index (χ4v) is 8.34. The fourth-order valence-electron chi connectivity index (χ4n) is 8.34. The number of piperidine rings is 1. The molecule has 3 aliphatic heterocycles. The Morgan fingerprint density at radius 3 is 2.54 bits per heavy atom. The van der Waals surface area contributed by atoms with Gasteiger partial charge in [-0.3, -0.25) is 24.1 Å². The van der Waals surface area contributed by atoms with Gasteiger partial charge in [-0.05, 0) is 55.7 Å². The minimum Gasteiger partial charge on any atom is -0.481 e. The Labute approximate surface area is 238 Å². The van der Waals surface area contributed by atoms with Crippen LogP contribution >= 0.6 is 0 Å². The second-order valence-corrected chi connectivity index (χ2v) is 12.0. The summed E-state index contributed by atoms with van der Waals surface area (Å²) in [5, 5.41) is 0.599. The number of nitrogens with zero attached hydrogens (tertiary/aromatic N) is 2. The molecule has 1 aromatic carbocycles. The van der Waals surface area contributed by atoms with Gasteiger partial charge in [0, 0.05) is 62.6 Å². The molecule has 2 saturated carbocycles. The van der Waals surface area contributed by atoms with Gasteiger partial charge >= 0.3 is 17.9 Å². The highest BCUT2D eigenvalue weighted by Crippen LogP contribution is 2.70. The molecule has 0 radical (unpaired) electrons. The summed E-state index contributed by atoms with van der Waals surface area (Å²) in [5.41, 5.74) is 1.93. The number of imide groups is 1. The monoisotopic (exact) mass is 568 g/mol. The van der Waals surface area contributed by atoms with Gasteiger partial charge in [-0.25, -0.2) is 4.79 Å². The molecule has 5 unspecified atom stereocenters. The molecule has 2 bridgehead atoms. The lowest BCUT2D eigenvalue weighted by molar-refractivity contribution is -0.197. The van der Waals surface area contributed by atoms with E-state index in [2.05, 4.69) is 4.90 Å². The average molecular weight is 569 g/mol. The van der Waals surface area contributed by atoms with Gasteiger partial charge in [0.1, 0.15) is 12.2 Å². The zero-order chi connectivity index (χ0) is 27.9. The molecular formula is C30H36N2O9. The molecule has 2 saturated heterocycles. The highest BCUT2D eigenvalue weighted by atomic mass is 16.7. The van der Waals surface area contributed by atoms with Crippen molar-refractivity contribution in [3.05, 3.63) is 23.3 Å². The zero-order valence-electron chi connectivity index (χ0n) is 22.6. The van der Waals surface area contributed by atoms with Crippen molar-refractivity contribution in [2.45, 2.75) is 89.9 Å². The first-order valence-corrected chi connectivity index (χ1v) is 14.2. The van der Waals surface area contributed by atoms with Gasteiger partial charge in [0.25, 0.3) is 11.8 Å². The number of carbonyl (C=O) groups excluding carboxylic acids is 5. The molecule has 4 fully saturated rings. The van der Waals surface area contributed by atoms with Gasteiger partial charge in [-0.15, -0.1) is 5.06 Å². The Morgan fingerprint density at radius 2 is 1.83 bits per heavy atom. The number of hydroxylamine groups is 2. The second kappa shape index (κ2) is 9.82. The topological polar surface area (TPSA) is 129 Å². The number of ether oxygens (including phenoxy) is 3. The quantitative estimate of drug-likeness (QED) is 0.275. The maximum Gasteiger partial charge on any atom is 0.333 e. The lowest BCUT2D eigenvalue weighted by Gasteiger charge is -2.58. The van der Waals surface area contributed by atoms with Crippen LogP contribution in [-0.2, 0) is 45.4 Å². The third kappa shape index (κ3) is 4.23. The van der Waals surface area contributed by atoms with Crippen molar-refractivity contribution in [1.82, 2.24) is 9.96 Å². The van der Waals surface area contributed by atoms with Crippen molar-refractivity contribution in [2.75, 3.05) is 13.1 Å². The van der Waals surface area contributed by atoms with E-state index in [1.807, 2.05) is 6.07 Å². The van der Waals surface area contributed by atoms with Crippen LogP contribution in [0.25, 0.3) is 0 Å². The first-order chi connectivity index (χ1) is 19.2. The molecular weight excluding hydrogens is 532 g/mol. The van der Waals surface area contributed by atoms with Crippen LogP contribution in [0, 0.1) is 17.8 Å². The Hall–Kier alpha value is -3.47. The summed E-state index contributed by atoms with van der Waals surface area (Å²) in [7, 11) is 0. The fraction of sp³-hybridized carbons (Fsp3) is 0.633. The number of rotatable bonds is 7. The first kappa shape index (κ1) is 27.7. The molecule has 3 heterocycles. The van der Waals surface area contributed by atoms with Crippen LogP contribution in [0.1, 0.15) is 70.9 Å². The number of benzene rings is 1. The van der Waals surface area contributed by atoms with Gasteiger partial charge in [0.05, 0.1) is 0 Å². The van der Waals surface area contributed by atoms with E-state index in [9.17, 15) is 24.0 Å². The van der Waals surface area contributed by atoms with E-state index in [-0.39, 0.29) is 68.2 Å². The van der Waals surface area contributed by atoms with E-state index in [1.165, 1.54) is 13.8 Å².